The number of aliphatic hydroxyl groups excluding tert-OH is 1. The average molecular weight is 514 g/mol. The van der Waals surface area contributed by atoms with E-state index in [0.29, 0.717) is 25.1 Å². The van der Waals surface area contributed by atoms with E-state index in [1.54, 1.807) is 18.7 Å². The van der Waals surface area contributed by atoms with Crippen LogP contribution in [0.4, 0.5) is 10.1 Å². The van der Waals surface area contributed by atoms with Gasteiger partial charge in [-0.1, -0.05) is 36.4 Å². The number of piperidine rings is 1. The van der Waals surface area contributed by atoms with Gasteiger partial charge in [0.2, 0.25) is 10.0 Å². The molecule has 5 rings (SSSR count). The third-order valence-electron chi connectivity index (χ3n) is 7.67. The van der Waals surface area contributed by atoms with Gasteiger partial charge < -0.3 is 14.6 Å². The molecule has 8 nitrogen and oxygen atoms in total. The smallest absolute Gasteiger partial charge is 0.221 e. The van der Waals surface area contributed by atoms with Crippen LogP contribution in [0.3, 0.4) is 0 Å². The molecule has 2 unspecified atom stereocenters. The Bertz CT molecular complexity index is 1270. The van der Waals surface area contributed by atoms with Crippen molar-refractivity contribution >= 4 is 15.7 Å². The van der Waals surface area contributed by atoms with Crippen molar-refractivity contribution in [2.45, 2.75) is 50.1 Å². The summed E-state index contributed by atoms with van der Waals surface area (Å²) in [5.74, 6) is -0.454. The summed E-state index contributed by atoms with van der Waals surface area (Å²) in [5.41, 5.74) is 1.87. The fraction of sp³-hybridized carbons (Fsp3) is 0.462. The molecule has 0 aliphatic carbocycles. The van der Waals surface area contributed by atoms with Gasteiger partial charge in [0.1, 0.15) is 23.7 Å². The molecular formula is C26H32FN5O3S. The number of aliphatic hydroxyl groups is 1. The summed E-state index contributed by atoms with van der Waals surface area (Å²) in [6.07, 6.45) is 5.38. The monoisotopic (exact) mass is 513 g/mol. The van der Waals surface area contributed by atoms with Crippen LogP contribution in [0.2, 0.25) is 0 Å². The first kappa shape index (κ1) is 24.9. The molecule has 3 heterocycles. The second kappa shape index (κ2) is 10.3. The zero-order chi connectivity index (χ0) is 25.3. The van der Waals surface area contributed by atoms with Crippen molar-refractivity contribution in [1.82, 2.24) is 19.1 Å². The third kappa shape index (κ3) is 4.77. The Morgan fingerprint density at radius 3 is 2.50 bits per heavy atom. The molecule has 0 amide bonds. The van der Waals surface area contributed by atoms with Crippen LogP contribution < -0.4 is 4.90 Å². The number of hydrogen-bond donors (Lipinski definition) is 1. The van der Waals surface area contributed by atoms with Gasteiger partial charge in [-0.3, -0.25) is 0 Å². The van der Waals surface area contributed by atoms with Gasteiger partial charge in [-0.25, -0.2) is 12.8 Å². The van der Waals surface area contributed by atoms with E-state index < -0.39 is 21.1 Å². The first-order chi connectivity index (χ1) is 17.4. The largest absolute Gasteiger partial charge is 0.396 e. The number of sulfonamides is 1. The van der Waals surface area contributed by atoms with Gasteiger partial charge in [0.25, 0.3) is 0 Å². The maximum absolute atomic E-state index is 15.3. The molecule has 0 spiro atoms. The Balaban J connectivity index is 1.32. The Kier molecular flexibility index (Phi) is 7.09. The summed E-state index contributed by atoms with van der Waals surface area (Å²) in [6, 6.07) is 14.2. The Labute approximate surface area is 211 Å². The highest BCUT2D eigenvalue weighted by molar-refractivity contribution is 7.89. The van der Waals surface area contributed by atoms with Crippen LogP contribution in [0.15, 0.2) is 61.2 Å². The molecule has 2 aliphatic rings. The minimum atomic E-state index is -3.63. The van der Waals surface area contributed by atoms with E-state index in [0.717, 1.165) is 24.1 Å². The van der Waals surface area contributed by atoms with Crippen LogP contribution >= 0.6 is 0 Å². The standard InChI is InChI=1S/C26H32FN5O3S/c1-19-7-10-26(20-5-3-2-4-6-20)36(34,35)32(19)15-21-8-9-23(13-24(21)27)30-12-11-25(22(14-30)16-33)31-17-28-29-18-31/h2-6,8-9,13,17-19,22,25-26,33H,7,10-12,14-16H2,1H3/t19-,22?,25+,26?/m0/s1. The fourth-order valence-corrected chi connectivity index (χ4v) is 7.78. The zero-order valence-corrected chi connectivity index (χ0v) is 21.1. The summed E-state index contributed by atoms with van der Waals surface area (Å²) in [4.78, 5) is 2.07. The molecule has 4 atom stereocenters. The molecule has 2 saturated heterocycles. The van der Waals surface area contributed by atoms with Crippen molar-refractivity contribution in [3.05, 3.63) is 78.1 Å². The lowest BCUT2D eigenvalue weighted by Crippen LogP contribution is -2.45. The minimum absolute atomic E-state index is 0.00714. The number of halogens is 1. The Morgan fingerprint density at radius 1 is 1.06 bits per heavy atom. The first-order valence-corrected chi connectivity index (χ1v) is 13.9. The summed E-state index contributed by atoms with van der Waals surface area (Å²) in [6.45, 7) is 3.18. The summed E-state index contributed by atoms with van der Waals surface area (Å²) in [5, 5.41) is 17.1. The van der Waals surface area contributed by atoms with Crippen LogP contribution in [0.1, 0.15) is 48.6 Å². The number of nitrogens with zero attached hydrogens (tertiary/aromatic N) is 5. The zero-order valence-electron chi connectivity index (χ0n) is 20.3. The highest BCUT2D eigenvalue weighted by Gasteiger charge is 2.40. The molecule has 2 aliphatic heterocycles. The van der Waals surface area contributed by atoms with Crippen LogP contribution in [0, 0.1) is 11.7 Å². The molecular weight excluding hydrogens is 481 g/mol. The van der Waals surface area contributed by atoms with E-state index >= 15 is 4.39 Å². The number of hydrogen-bond acceptors (Lipinski definition) is 6. The third-order valence-corrected chi connectivity index (χ3v) is 10.0. The maximum atomic E-state index is 15.3. The van der Waals surface area contributed by atoms with E-state index in [4.69, 9.17) is 0 Å². The lowest BCUT2D eigenvalue weighted by molar-refractivity contribution is 0.160. The van der Waals surface area contributed by atoms with E-state index in [9.17, 15) is 13.5 Å². The number of rotatable bonds is 6. The highest BCUT2D eigenvalue weighted by atomic mass is 32.2. The summed E-state index contributed by atoms with van der Waals surface area (Å²) in [7, 11) is -3.63. The Hall–Kier alpha value is -2.82. The van der Waals surface area contributed by atoms with Crippen molar-refractivity contribution in [1.29, 1.82) is 0 Å². The van der Waals surface area contributed by atoms with Crippen molar-refractivity contribution in [2.75, 3.05) is 24.6 Å². The summed E-state index contributed by atoms with van der Waals surface area (Å²) < 4.78 is 45.7. The van der Waals surface area contributed by atoms with Gasteiger partial charge in [-0.2, -0.15) is 4.31 Å². The molecule has 1 N–H and O–H groups in total. The highest BCUT2D eigenvalue weighted by Crippen LogP contribution is 2.38. The molecule has 0 bridgehead atoms. The first-order valence-electron chi connectivity index (χ1n) is 12.4. The van der Waals surface area contributed by atoms with Crippen molar-refractivity contribution in [3.8, 4) is 0 Å². The predicted octanol–water partition coefficient (Wildman–Crippen LogP) is 3.53. The molecule has 3 aromatic rings. The number of anilines is 1. The molecule has 0 saturated carbocycles. The topological polar surface area (TPSA) is 91.6 Å². The lowest BCUT2D eigenvalue weighted by Gasteiger charge is -2.39. The van der Waals surface area contributed by atoms with E-state index in [1.807, 2.05) is 47.9 Å². The predicted molar refractivity (Wildman–Crippen MR) is 135 cm³/mol. The molecule has 2 fully saturated rings. The van der Waals surface area contributed by atoms with Crippen LogP contribution in [-0.4, -0.2) is 58.3 Å². The molecule has 10 heteroatoms. The Morgan fingerprint density at radius 2 is 1.81 bits per heavy atom. The van der Waals surface area contributed by atoms with Gasteiger partial charge >= 0.3 is 0 Å². The second-order valence-corrected chi connectivity index (χ2v) is 11.9. The van der Waals surface area contributed by atoms with Gasteiger partial charge in [-0.05, 0) is 43.9 Å². The molecule has 36 heavy (non-hydrogen) atoms. The molecule has 1 aromatic heterocycles. The van der Waals surface area contributed by atoms with E-state index in [1.165, 1.54) is 10.4 Å². The van der Waals surface area contributed by atoms with Gasteiger partial charge in [0.15, 0.2) is 0 Å². The van der Waals surface area contributed by atoms with Gasteiger partial charge in [-0.15, -0.1) is 10.2 Å². The van der Waals surface area contributed by atoms with Crippen molar-refractivity contribution in [3.63, 3.8) is 0 Å². The molecule has 192 valence electrons. The van der Waals surface area contributed by atoms with Gasteiger partial charge in [0.05, 0.1) is 0 Å². The normalized spacial score (nSPS) is 26.7. The second-order valence-electron chi connectivity index (χ2n) is 9.85. The fourth-order valence-electron chi connectivity index (χ4n) is 5.59. The number of benzene rings is 2. The van der Waals surface area contributed by atoms with E-state index in [-0.39, 0.29) is 31.2 Å². The SMILES string of the molecule is C[C@H]1CCC(c2ccccc2)S(=O)(=O)N1Cc1ccc(N2CC[C@@H](n3cnnc3)C(CO)C2)cc1F. The molecule has 0 radical (unpaired) electrons. The van der Waals surface area contributed by atoms with Crippen molar-refractivity contribution in [2.24, 2.45) is 5.92 Å². The average Bonchev–Trinajstić information content (AvgIpc) is 3.42. The lowest BCUT2D eigenvalue weighted by atomic mass is 9.92. The van der Waals surface area contributed by atoms with Crippen molar-refractivity contribution < 1.29 is 17.9 Å². The van der Waals surface area contributed by atoms with Gasteiger partial charge in [0, 0.05) is 55.5 Å². The van der Waals surface area contributed by atoms with E-state index in [2.05, 4.69) is 15.1 Å². The molecule has 2 aromatic carbocycles. The minimum Gasteiger partial charge on any atom is -0.396 e. The maximum Gasteiger partial charge on any atom is 0.221 e. The van der Waals surface area contributed by atoms with Crippen LogP contribution in [-0.2, 0) is 16.6 Å². The quantitative estimate of drug-likeness (QED) is 0.542. The van der Waals surface area contributed by atoms with Crippen LogP contribution in [0.25, 0.3) is 0 Å². The van der Waals surface area contributed by atoms with Crippen LogP contribution in [0.5, 0.6) is 0 Å². The summed E-state index contributed by atoms with van der Waals surface area (Å²) >= 11 is 0. The number of aromatic nitrogens is 3.